The largest absolute Gasteiger partial charge is 0.508 e. The normalized spacial score (nSPS) is 27.1. The zero-order valence-electron chi connectivity index (χ0n) is 16.7. The summed E-state index contributed by atoms with van der Waals surface area (Å²) >= 11 is 0. The predicted molar refractivity (Wildman–Crippen MR) is 103 cm³/mol. The van der Waals surface area contributed by atoms with E-state index in [1.807, 2.05) is 0 Å². The second kappa shape index (κ2) is 11.7. The van der Waals surface area contributed by atoms with E-state index in [0.717, 1.165) is 13.0 Å². The number of esters is 2. The van der Waals surface area contributed by atoms with Gasteiger partial charge in [0.25, 0.3) is 0 Å². The molecule has 1 aliphatic heterocycles. The molecule has 172 valence electrons. The van der Waals surface area contributed by atoms with Crippen LogP contribution in [0.1, 0.15) is 12.5 Å². The van der Waals surface area contributed by atoms with Crippen LogP contribution in [0.5, 0.6) is 5.75 Å². The Kier molecular flexibility index (Phi) is 9.37. The summed E-state index contributed by atoms with van der Waals surface area (Å²) in [6.07, 6.45) is -5.78. The third-order valence-electron chi connectivity index (χ3n) is 4.34. The van der Waals surface area contributed by atoms with Crippen LogP contribution in [0.3, 0.4) is 0 Å². The summed E-state index contributed by atoms with van der Waals surface area (Å²) in [5, 5.41) is 47.9. The number of aromatic hydroxyl groups is 1. The molecule has 31 heavy (non-hydrogen) atoms. The van der Waals surface area contributed by atoms with Crippen LogP contribution < -0.4 is 0 Å². The van der Waals surface area contributed by atoms with Crippen LogP contribution in [0.15, 0.2) is 30.3 Å². The van der Waals surface area contributed by atoms with E-state index in [0.29, 0.717) is 5.56 Å². The molecule has 0 amide bonds. The Labute approximate surface area is 178 Å². The van der Waals surface area contributed by atoms with Crippen molar-refractivity contribution in [2.45, 2.75) is 43.7 Å². The maximum absolute atomic E-state index is 11.9. The van der Waals surface area contributed by atoms with Gasteiger partial charge in [0.1, 0.15) is 36.8 Å². The molecular weight excluding hydrogens is 416 g/mol. The first-order valence-corrected chi connectivity index (χ1v) is 9.44. The van der Waals surface area contributed by atoms with E-state index in [1.165, 1.54) is 18.2 Å². The van der Waals surface area contributed by atoms with Crippen LogP contribution >= 0.6 is 0 Å². The minimum atomic E-state index is -1.62. The molecule has 1 aromatic rings. The van der Waals surface area contributed by atoms with Gasteiger partial charge in [-0.3, -0.25) is 4.79 Å². The van der Waals surface area contributed by atoms with E-state index in [-0.39, 0.29) is 19.0 Å². The number of benzene rings is 1. The lowest BCUT2D eigenvalue weighted by atomic mass is 9.99. The summed E-state index contributed by atoms with van der Waals surface area (Å²) in [4.78, 5) is 23.2. The maximum atomic E-state index is 11.9. The summed E-state index contributed by atoms with van der Waals surface area (Å²) in [5.41, 5.74) is 0.650. The highest BCUT2D eigenvalue weighted by atomic mass is 16.7. The van der Waals surface area contributed by atoms with Crippen molar-refractivity contribution in [2.24, 2.45) is 0 Å². The van der Waals surface area contributed by atoms with Gasteiger partial charge in [-0.25, -0.2) is 4.79 Å². The Morgan fingerprint density at radius 3 is 2.39 bits per heavy atom. The van der Waals surface area contributed by atoms with Crippen LogP contribution in [0.4, 0.5) is 0 Å². The van der Waals surface area contributed by atoms with Gasteiger partial charge in [-0.15, -0.1) is 0 Å². The molecule has 1 saturated heterocycles. The number of aliphatic hydroxyl groups is 4. The Morgan fingerprint density at radius 1 is 1.10 bits per heavy atom. The van der Waals surface area contributed by atoms with E-state index >= 15 is 0 Å². The van der Waals surface area contributed by atoms with Crippen LogP contribution in [0.25, 0.3) is 6.08 Å². The fourth-order valence-electron chi connectivity index (χ4n) is 2.73. The molecule has 1 unspecified atom stereocenters. The van der Waals surface area contributed by atoms with Crippen molar-refractivity contribution in [1.29, 1.82) is 0 Å². The Morgan fingerprint density at radius 2 is 1.77 bits per heavy atom. The van der Waals surface area contributed by atoms with Crippen molar-refractivity contribution in [2.75, 3.05) is 19.8 Å². The summed E-state index contributed by atoms with van der Waals surface area (Å²) in [6, 6.07) is 6.10. The molecule has 1 fully saturated rings. The molecule has 0 aliphatic carbocycles. The molecule has 2 rings (SSSR count). The number of hydrogen-bond acceptors (Lipinski definition) is 11. The van der Waals surface area contributed by atoms with Gasteiger partial charge in [0.05, 0.1) is 13.2 Å². The topological polar surface area (TPSA) is 172 Å². The van der Waals surface area contributed by atoms with Crippen molar-refractivity contribution in [1.82, 2.24) is 0 Å². The van der Waals surface area contributed by atoms with Crippen LogP contribution in [-0.4, -0.2) is 94.1 Å². The zero-order valence-corrected chi connectivity index (χ0v) is 16.7. The number of phenols is 1. The number of phenolic OH excluding ortho intramolecular Hbond substituents is 1. The Balaban J connectivity index is 1.89. The third kappa shape index (κ3) is 7.58. The Bertz CT molecular complexity index is 746. The highest BCUT2D eigenvalue weighted by molar-refractivity contribution is 5.87. The van der Waals surface area contributed by atoms with Crippen molar-refractivity contribution in [3.05, 3.63) is 35.9 Å². The van der Waals surface area contributed by atoms with Crippen LogP contribution in [0, 0.1) is 0 Å². The van der Waals surface area contributed by atoms with Gasteiger partial charge in [-0.05, 0) is 23.8 Å². The van der Waals surface area contributed by atoms with Crippen molar-refractivity contribution in [3.8, 4) is 5.75 Å². The third-order valence-corrected chi connectivity index (χ3v) is 4.34. The van der Waals surface area contributed by atoms with Gasteiger partial charge in [0.15, 0.2) is 12.4 Å². The van der Waals surface area contributed by atoms with Gasteiger partial charge in [0, 0.05) is 13.0 Å². The predicted octanol–water partition coefficient (Wildman–Crippen LogP) is -1.30. The van der Waals surface area contributed by atoms with Crippen LogP contribution in [0.2, 0.25) is 0 Å². The second-order valence-corrected chi connectivity index (χ2v) is 6.82. The lowest BCUT2D eigenvalue weighted by molar-refractivity contribution is -0.305. The molecular formula is C20H26O11. The molecule has 1 heterocycles. The number of hydrogen-bond donors (Lipinski definition) is 5. The molecule has 0 spiro atoms. The van der Waals surface area contributed by atoms with Gasteiger partial charge in [-0.1, -0.05) is 12.1 Å². The first kappa shape index (κ1) is 24.7. The first-order chi connectivity index (χ1) is 14.7. The molecule has 11 nitrogen and oxygen atoms in total. The minimum Gasteiger partial charge on any atom is -0.508 e. The van der Waals surface area contributed by atoms with Crippen LogP contribution in [-0.2, 0) is 28.5 Å². The molecule has 0 aromatic heterocycles. The number of carbonyl (C=O) groups excluding carboxylic acids is 2. The number of rotatable bonds is 9. The molecule has 1 aromatic carbocycles. The van der Waals surface area contributed by atoms with E-state index in [9.17, 15) is 35.1 Å². The smallest absolute Gasteiger partial charge is 0.330 e. The average Bonchev–Trinajstić information content (AvgIpc) is 2.74. The van der Waals surface area contributed by atoms with Gasteiger partial charge in [0.2, 0.25) is 0 Å². The molecule has 0 radical (unpaired) electrons. The maximum Gasteiger partial charge on any atom is 0.330 e. The fraction of sp³-hybridized carbons (Fsp3) is 0.500. The van der Waals surface area contributed by atoms with E-state index < -0.39 is 55.4 Å². The highest BCUT2D eigenvalue weighted by Gasteiger charge is 2.44. The average molecular weight is 442 g/mol. The van der Waals surface area contributed by atoms with E-state index in [4.69, 9.17) is 18.9 Å². The van der Waals surface area contributed by atoms with E-state index in [1.54, 1.807) is 12.1 Å². The van der Waals surface area contributed by atoms with Gasteiger partial charge >= 0.3 is 11.9 Å². The second-order valence-electron chi connectivity index (χ2n) is 6.82. The lowest BCUT2D eigenvalue weighted by Gasteiger charge is -2.39. The molecule has 1 aliphatic rings. The SMILES string of the molecule is CC(=O)OC(COC(=O)/C=C/c1ccc(O)cc1)CO[C@@H]1O[C@H](CO)[C@@H](O)[C@H](O)[C@@H]1O. The van der Waals surface area contributed by atoms with Crippen molar-refractivity contribution in [3.63, 3.8) is 0 Å². The molecule has 6 atom stereocenters. The minimum absolute atomic E-state index is 0.0864. The summed E-state index contributed by atoms with van der Waals surface area (Å²) in [6.45, 7) is -0.205. The monoisotopic (exact) mass is 442 g/mol. The number of aliphatic hydroxyl groups excluding tert-OH is 4. The zero-order chi connectivity index (χ0) is 23.0. The quantitative estimate of drug-likeness (QED) is 0.227. The molecule has 11 heteroatoms. The van der Waals surface area contributed by atoms with E-state index in [2.05, 4.69) is 0 Å². The number of ether oxygens (including phenoxy) is 4. The summed E-state index contributed by atoms with van der Waals surface area (Å²) < 4.78 is 20.6. The standard InChI is InChI=1S/C20H26O11/c1-11(22)30-14(9-28-16(24)7-4-12-2-5-13(23)6-3-12)10-29-20-19(27)18(26)17(25)15(8-21)31-20/h2-7,14-15,17-21,23,25-27H,8-10H2,1H3/b7-4+/t14?,15-,17-,18+,19+,20-/m1/s1. The van der Waals surface area contributed by atoms with Gasteiger partial charge in [-0.2, -0.15) is 0 Å². The van der Waals surface area contributed by atoms with Crippen molar-refractivity contribution >= 4 is 18.0 Å². The first-order valence-electron chi connectivity index (χ1n) is 9.44. The lowest BCUT2D eigenvalue weighted by Crippen LogP contribution is -2.59. The number of carbonyl (C=O) groups is 2. The molecule has 0 bridgehead atoms. The summed E-state index contributed by atoms with van der Waals surface area (Å²) in [7, 11) is 0. The van der Waals surface area contributed by atoms with Gasteiger partial charge < -0.3 is 44.5 Å². The van der Waals surface area contributed by atoms with Crippen molar-refractivity contribution < 1.29 is 54.1 Å². The molecule has 5 N–H and O–H groups in total. The molecule has 0 saturated carbocycles. The highest BCUT2D eigenvalue weighted by Crippen LogP contribution is 2.22. The Hall–Kier alpha value is -2.54. The fourth-order valence-corrected chi connectivity index (χ4v) is 2.73. The summed E-state index contributed by atoms with van der Waals surface area (Å²) in [5.74, 6) is -1.31.